The molecule has 0 spiro atoms. The molecule has 2 aromatic carbocycles. The summed E-state index contributed by atoms with van der Waals surface area (Å²) < 4.78 is 13.8. The van der Waals surface area contributed by atoms with Gasteiger partial charge < -0.3 is 10.4 Å². The average molecular weight is 384 g/mol. The van der Waals surface area contributed by atoms with Gasteiger partial charge in [0.2, 0.25) is 5.91 Å². The fourth-order valence-corrected chi connectivity index (χ4v) is 3.56. The number of hydrogen-bond donors (Lipinski definition) is 2. The number of halogens is 1. The number of nitrogens with one attached hydrogen (secondary N) is 1. The molecule has 0 bridgehead atoms. The van der Waals surface area contributed by atoms with E-state index in [1.807, 2.05) is 54.6 Å². The van der Waals surface area contributed by atoms with E-state index < -0.39 is 30.3 Å². The van der Waals surface area contributed by atoms with Crippen molar-refractivity contribution in [1.29, 1.82) is 0 Å². The third-order valence-corrected chi connectivity index (χ3v) is 5.15. The first-order valence-electron chi connectivity index (χ1n) is 9.45. The number of hydrogen-bond acceptors (Lipinski definition) is 2. The maximum absolute atomic E-state index is 13.8. The van der Waals surface area contributed by atoms with Gasteiger partial charge in [0.05, 0.1) is 12.6 Å². The number of nitrogens with zero attached hydrogens (tertiary/aromatic N) is 1. The lowest BCUT2D eigenvalue weighted by Gasteiger charge is -2.25. The third kappa shape index (κ3) is 4.32. The topological polar surface area (TPSA) is 69.6 Å². The Kier molecular flexibility index (Phi) is 5.97. The second-order valence-corrected chi connectivity index (χ2v) is 7.46. The maximum Gasteiger partial charge on any atom is 0.408 e. The van der Waals surface area contributed by atoms with E-state index in [-0.39, 0.29) is 13.0 Å². The zero-order valence-corrected chi connectivity index (χ0v) is 16.0. The summed E-state index contributed by atoms with van der Waals surface area (Å²) in [6.45, 7) is 3.95. The van der Waals surface area contributed by atoms with Crippen LogP contribution in [0.4, 0.5) is 9.18 Å². The van der Waals surface area contributed by atoms with E-state index in [0.29, 0.717) is 5.92 Å². The smallest absolute Gasteiger partial charge is 0.408 e. The number of carbonyl (C=O) groups is 2. The Hall–Kier alpha value is -2.89. The molecule has 3 atom stereocenters. The average Bonchev–Trinajstić information content (AvgIpc) is 3.09. The van der Waals surface area contributed by atoms with E-state index in [0.717, 1.165) is 16.0 Å². The van der Waals surface area contributed by atoms with Crippen molar-refractivity contribution in [2.24, 2.45) is 0 Å². The summed E-state index contributed by atoms with van der Waals surface area (Å²) in [4.78, 5) is 25.1. The van der Waals surface area contributed by atoms with Crippen LogP contribution < -0.4 is 5.32 Å². The fourth-order valence-electron chi connectivity index (χ4n) is 3.56. The highest BCUT2D eigenvalue weighted by atomic mass is 19.1. The van der Waals surface area contributed by atoms with E-state index in [4.69, 9.17) is 0 Å². The van der Waals surface area contributed by atoms with Crippen LogP contribution in [0.2, 0.25) is 0 Å². The Bertz CT molecular complexity index is 823. The highest BCUT2D eigenvalue weighted by Crippen LogP contribution is 2.26. The maximum atomic E-state index is 13.8. The fraction of sp³-hybridized carbons (Fsp3) is 0.364. The number of carbonyl (C=O) groups excluding carboxylic acids is 1. The standard InChI is InChI=1S/C22H25FN2O3/c1-14(2)15-8-10-17(11-9-15)20(16-6-4-3-5-7-16)24-21(26)19-12-18(23)13-25(19)22(27)28/h3-11,14,18-20H,12-13H2,1-2H3,(H,24,26)(H,27,28). The largest absolute Gasteiger partial charge is 0.465 e. The van der Waals surface area contributed by atoms with Gasteiger partial charge in [-0.05, 0) is 22.6 Å². The molecule has 2 N–H and O–H groups in total. The molecule has 0 radical (unpaired) electrons. The predicted octanol–water partition coefficient (Wildman–Crippen LogP) is 4.11. The van der Waals surface area contributed by atoms with Crippen LogP contribution in [-0.2, 0) is 4.79 Å². The highest BCUT2D eigenvalue weighted by Gasteiger charge is 2.40. The molecule has 5 nitrogen and oxygen atoms in total. The van der Waals surface area contributed by atoms with Crippen LogP contribution in [0.25, 0.3) is 0 Å². The van der Waals surface area contributed by atoms with E-state index in [1.54, 1.807) is 0 Å². The molecule has 1 saturated heterocycles. The van der Waals surface area contributed by atoms with Gasteiger partial charge >= 0.3 is 6.09 Å². The molecule has 2 aromatic rings. The second-order valence-electron chi connectivity index (χ2n) is 7.46. The Morgan fingerprint density at radius 2 is 1.61 bits per heavy atom. The van der Waals surface area contributed by atoms with Crippen LogP contribution in [0.3, 0.4) is 0 Å². The first kappa shape index (κ1) is 19.9. The van der Waals surface area contributed by atoms with Gasteiger partial charge in [-0.25, -0.2) is 9.18 Å². The Labute approximate surface area is 164 Å². The van der Waals surface area contributed by atoms with Crippen molar-refractivity contribution in [2.75, 3.05) is 6.54 Å². The Morgan fingerprint density at radius 3 is 2.18 bits per heavy atom. The molecule has 3 unspecified atom stereocenters. The molecular weight excluding hydrogens is 359 g/mol. The quantitative estimate of drug-likeness (QED) is 0.815. The minimum absolute atomic E-state index is 0.119. The molecular formula is C22H25FN2O3. The minimum atomic E-state index is -1.33. The first-order chi connectivity index (χ1) is 13.4. The normalized spacial score (nSPS) is 20.2. The summed E-state index contributed by atoms with van der Waals surface area (Å²) in [7, 11) is 0. The van der Waals surface area contributed by atoms with E-state index in [2.05, 4.69) is 19.2 Å². The van der Waals surface area contributed by atoms with Crippen molar-refractivity contribution >= 4 is 12.0 Å². The van der Waals surface area contributed by atoms with Crippen LogP contribution in [0.15, 0.2) is 54.6 Å². The molecule has 0 aliphatic carbocycles. The summed E-state index contributed by atoms with van der Waals surface area (Å²) in [5, 5.41) is 12.2. The summed E-state index contributed by atoms with van der Waals surface area (Å²) in [6, 6.07) is 16.0. The van der Waals surface area contributed by atoms with Crippen molar-refractivity contribution in [3.05, 3.63) is 71.3 Å². The van der Waals surface area contributed by atoms with Gasteiger partial charge in [0.25, 0.3) is 0 Å². The molecule has 1 aliphatic rings. The van der Waals surface area contributed by atoms with Gasteiger partial charge in [0, 0.05) is 6.42 Å². The monoisotopic (exact) mass is 384 g/mol. The van der Waals surface area contributed by atoms with Gasteiger partial charge in [-0.15, -0.1) is 0 Å². The number of rotatable bonds is 5. The lowest BCUT2D eigenvalue weighted by Crippen LogP contribution is -2.46. The lowest BCUT2D eigenvalue weighted by molar-refractivity contribution is -0.125. The van der Waals surface area contributed by atoms with E-state index in [9.17, 15) is 19.1 Å². The van der Waals surface area contributed by atoms with Gasteiger partial charge in [0.15, 0.2) is 0 Å². The van der Waals surface area contributed by atoms with Crippen LogP contribution in [0.1, 0.15) is 48.9 Å². The molecule has 0 aromatic heterocycles. The van der Waals surface area contributed by atoms with Crippen LogP contribution in [0, 0.1) is 0 Å². The predicted molar refractivity (Wildman–Crippen MR) is 105 cm³/mol. The number of carboxylic acid groups (broad SMARTS) is 1. The third-order valence-electron chi connectivity index (χ3n) is 5.15. The molecule has 2 amide bonds. The second kappa shape index (κ2) is 8.42. The molecule has 1 fully saturated rings. The molecule has 1 aliphatic heterocycles. The van der Waals surface area contributed by atoms with Crippen molar-refractivity contribution in [2.45, 2.75) is 44.4 Å². The van der Waals surface area contributed by atoms with Crippen molar-refractivity contribution in [3.8, 4) is 0 Å². The van der Waals surface area contributed by atoms with Crippen LogP contribution in [0.5, 0.6) is 0 Å². The number of amides is 2. The summed E-state index contributed by atoms with van der Waals surface area (Å²) in [5.41, 5.74) is 2.96. The molecule has 148 valence electrons. The number of likely N-dealkylation sites (tertiary alicyclic amines) is 1. The molecule has 1 heterocycles. The SMILES string of the molecule is CC(C)c1ccc(C(NC(=O)C2CC(F)CN2C(=O)O)c2ccccc2)cc1. The summed E-state index contributed by atoms with van der Waals surface area (Å²) >= 11 is 0. The minimum Gasteiger partial charge on any atom is -0.465 e. The molecule has 0 saturated carbocycles. The first-order valence-corrected chi connectivity index (χ1v) is 9.45. The summed E-state index contributed by atoms with van der Waals surface area (Å²) in [5.74, 6) is -0.0905. The summed E-state index contributed by atoms with van der Waals surface area (Å²) in [6.07, 6.45) is -2.73. The highest BCUT2D eigenvalue weighted by molar-refractivity contribution is 5.86. The zero-order chi connectivity index (χ0) is 20.3. The van der Waals surface area contributed by atoms with Gasteiger partial charge in [0.1, 0.15) is 12.2 Å². The van der Waals surface area contributed by atoms with E-state index in [1.165, 1.54) is 5.56 Å². The number of alkyl halides is 1. The lowest BCUT2D eigenvalue weighted by atomic mass is 9.95. The van der Waals surface area contributed by atoms with Crippen molar-refractivity contribution in [3.63, 3.8) is 0 Å². The molecule has 28 heavy (non-hydrogen) atoms. The molecule has 3 rings (SSSR count). The van der Waals surface area contributed by atoms with Crippen LogP contribution >= 0.6 is 0 Å². The number of benzene rings is 2. The van der Waals surface area contributed by atoms with Crippen LogP contribution in [-0.4, -0.2) is 40.8 Å². The Morgan fingerprint density at radius 1 is 1.04 bits per heavy atom. The van der Waals surface area contributed by atoms with Crippen molar-refractivity contribution < 1.29 is 19.1 Å². The van der Waals surface area contributed by atoms with E-state index >= 15 is 0 Å². The van der Waals surface area contributed by atoms with Gasteiger partial charge in [-0.2, -0.15) is 0 Å². The zero-order valence-electron chi connectivity index (χ0n) is 16.0. The van der Waals surface area contributed by atoms with Gasteiger partial charge in [-0.3, -0.25) is 9.69 Å². The Balaban J connectivity index is 1.87. The molecule has 6 heteroatoms. The van der Waals surface area contributed by atoms with Crippen molar-refractivity contribution in [1.82, 2.24) is 10.2 Å². The van der Waals surface area contributed by atoms with Gasteiger partial charge in [-0.1, -0.05) is 68.4 Å².